The van der Waals surface area contributed by atoms with Crippen LogP contribution in [0.5, 0.6) is 0 Å². The fraction of sp³-hybridized carbons (Fsp3) is 0.789. The molecular weight excluding hydrogens is 307 g/mol. The van der Waals surface area contributed by atoms with Crippen molar-refractivity contribution < 1.29 is 13.9 Å². The number of hydrogen-bond donors (Lipinski definition) is 0. The number of ether oxygens (including phenoxy) is 2. The maximum Gasteiger partial charge on any atom is 0.118 e. The van der Waals surface area contributed by atoms with Gasteiger partial charge in [0, 0.05) is 26.3 Å². The van der Waals surface area contributed by atoms with Crippen LogP contribution in [-0.2, 0) is 9.47 Å². The number of rotatable bonds is 10. The van der Waals surface area contributed by atoms with E-state index in [0.29, 0.717) is 25.5 Å². The fourth-order valence-corrected chi connectivity index (χ4v) is 1.36. The zero-order valence-electron chi connectivity index (χ0n) is 17.5. The van der Waals surface area contributed by atoms with Crippen molar-refractivity contribution in [2.24, 2.45) is 0 Å². The van der Waals surface area contributed by atoms with Gasteiger partial charge in [0.15, 0.2) is 0 Å². The molecule has 24 heavy (non-hydrogen) atoms. The molecule has 0 aromatic heterocycles. The van der Waals surface area contributed by atoms with Gasteiger partial charge in [-0.2, -0.15) is 0 Å². The Morgan fingerprint density at radius 3 is 2.00 bits per heavy atom. The van der Waals surface area contributed by atoms with Gasteiger partial charge >= 0.3 is 0 Å². The van der Waals surface area contributed by atoms with Gasteiger partial charge in [-0.15, -0.1) is 0 Å². The summed E-state index contributed by atoms with van der Waals surface area (Å²) in [5, 5.41) is 0. The molecule has 4 nitrogen and oxygen atoms in total. The summed E-state index contributed by atoms with van der Waals surface area (Å²) in [5.41, 5.74) is 0. The average Bonchev–Trinajstić information content (AvgIpc) is 2.54. The Labute approximate surface area is 150 Å². The van der Waals surface area contributed by atoms with Crippen LogP contribution in [0, 0.1) is 0 Å². The standard InChI is InChI=1S/C14H27FN2O2.C3H8.C2H6/c1-6-14(19-10-9-18-5)11-13(15)12-17(4)8-7-16(2)3;1-3-2;1-2/h6,11H,7-10,12H2,1-5H3;3H2,1-2H3;1-2H3/b13-11+,14-6+;;. The molecule has 0 N–H and O–H groups in total. The Bertz CT molecular complexity index is 306. The second kappa shape index (κ2) is 22.1. The summed E-state index contributed by atoms with van der Waals surface area (Å²) in [6, 6.07) is 0. The van der Waals surface area contributed by atoms with Crippen molar-refractivity contribution in [2.45, 2.75) is 41.0 Å². The van der Waals surface area contributed by atoms with Crippen LogP contribution in [0.1, 0.15) is 41.0 Å². The predicted octanol–water partition coefficient (Wildman–Crippen LogP) is 4.34. The van der Waals surface area contributed by atoms with Crippen LogP contribution >= 0.6 is 0 Å². The van der Waals surface area contributed by atoms with E-state index in [0.717, 1.165) is 13.1 Å². The zero-order chi connectivity index (χ0) is 19.4. The molecular formula is C19H41FN2O2. The van der Waals surface area contributed by atoms with Crippen LogP contribution in [0.2, 0.25) is 0 Å². The highest BCUT2D eigenvalue weighted by atomic mass is 19.1. The highest BCUT2D eigenvalue weighted by Crippen LogP contribution is 2.07. The molecule has 0 bridgehead atoms. The van der Waals surface area contributed by atoms with Gasteiger partial charge in [-0.25, -0.2) is 4.39 Å². The van der Waals surface area contributed by atoms with Gasteiger partial charge in [-0.3, -0.25) is 4.90 Å². The molecule has 0 heterocycles. The number of hydrogen-bond acceptors (Lipinski definition) is 4. The van der Waals surface area contributed by atoms with E-state index in [1.54, 1.807) is 13.2 Å². The van der Waals surface area contributed by atoms with Crippen LogP contribution in [0.25, 0.3) is 0 Å². The molecule has 0 saturated heterocycles. The van der Waals surface area contributed by atoms with Gasteiger partial charge in [-0.05, 0) is 34.1 Å². The molecule has 0 spiro atoms. The second-order valence-corrected chi connectivity index (χ2v) is 5.37. The third kappa shape index (κ3) is 23.4. The van der Waals surface area contributed by atoms with E-state index >= 15 is 0 Å². The molecule has 146 valence electrons. The van der Waals surface area contributed by atoms with Crippen molar-refractivity contribution >= 4 is 0 Å². The van der Waals surface area contributed by atoms with E-state index in [9.17, 15) is 4.39 Å². The maximum absolute atomic E-state index is 13.8. The van der Waals surface area contributed by atoms with Crippen molar-refractivity contribution in [1.82, 2.24) is 9.80 Å². The van der Waals surface area contributed by atoms with Crippen LogP contribution in [0.15, 0.2) is 23.7 Å². The molecule has 0 aliphatic heterocycles. The highest BCUT2D eigenvalue weighted by molar-refractivity contribution is 5.15. The first-order chi connectivity index (χ1) is 11.4. The van der Waals surface area contributed by atoms with Crippen molar-refractivity contribution in [2.75, 3.05) is 61.1 Å². The molecule has 5 heteroatoms. The van der Waals surface area contributed by atoms with Crippen LogP contribution in [0.3, 0.4) is 0 Å². The maximum atomic E-state index is 13.8. The van der Waals surface area contributed by atoms with Crippen molar-refractivity contribution in [3.05, 3.63) is 23.7 Å². The molecule has 0 unspecified atom stereocenters. The first-order valence-corrected chi connectivity index (χ1v) is 8.88. The Balaban J connectivity index is -0.000000786. The van der Waals surface area contributed by atoms with E-state index < -0.39 is 0 Å². The van der Waals surface area contributed by atoms with Crippen LogP contribution in [0.4, 0.5) is 4.39 Å². The quantitative estimate of drug-likeness (QED) is 0.333. The number of halogens is 1. The fourth-order valence-electron chi connectivity index (χ4n) is 1.36. The normalized spacial score (nSPS) is 11.7. The molecule has 0 saturated carbocycles. The summed E-state index contributed by atoms with van der Waals surface area (Å²) in [6.45, 7) is 13.0. The summed E-state index contributed by atoms with van der Waals surface area (Å²) in [7, 11) is 7.51. The lowest BCUT2D eigenvalue weighted by molar-refractivity contribution is 0.114. The molecule has 0 amide bonds. The summed E-state index contributed by atoms with van der Waals surface area (Å²) >= 11 is 0. The first kappa shape index (κ1) is 27.9. The van der Waals surface area contributed by atoms with E-state index in [1.807, 2.05) is 46.8 Å². The van der Waals surface area contributed by atoms with Crippen molar-refractivity contribution in [3.63, 3.8) is 0 Å². The van der Waals surface area contributed by atoms with Gasteiger partial charge in [0.05, 0.1) is 13.2 Å². The Morgan fingerprint density at radius 2 is 1.58 bits per heavy atom. The van der Waals surface area contributed by atoms with E-state index in [4.69, 9.17) is 9.47 Å². The smallest absolute Gasteiger partial charge is 0.118 e. The summed E-state index contributed by atoms with van der Waals surface area (Å²) in [6.07, 6.45) is 4.43. The number of likely N-dealkylation sites (N-methyl/N-ethyl adjacent to an activating group) is 2. The topological polar surface area (TPSA) is 24.9 Å². The van der Waals surface area contributed by atoms with Gasteiger partial charge in [0.2, 0.25) is 0 Å². The Morgan fingerprint density at radius 1 is 1.04 bits per heavy atom. The Kier molecular flexibility index (Phi) is 25.7. The first-order valence-electron chi connectivity index (χ1n) is 8.88. The molecule has 0 aromatic carbocycles. The van der Waals surface area contributed by atoms with Crippen molar-refractivity contribution in [3.8, 4) is 0 Å². The third-order valence-corrected chi connectivity index (χ3v) is 2.49. The zero-order valence-corrected chi connectivity index (χ0v) is 17.5. The monoisotopic (exact) mass is 348 g/mol. The lowest BCUT2D eigenvalue weighted by Gasteiger charge is -2.18. The third-order valence-electron chi connectivity index (χ3n) is 2.49. The number of allylic oxidation sites excluding steroid dienone is 2. The van der Waals surface area contributed by atoms with Gasteiger partial charge in [0.25, 0.3) is 0 Å². The summed E-state index contributed by atoms with van der Waals surface area (Å²) < 4.78 is 24.0. The largest absolute Gasteiger partial charge is 0.491 e. The SMILES string of the molecule is C/C=C(\C=C(\F)CN(C)CCN(C)C)OCCOC.CC.CCC. The van der Waals surface area contributed by atoms with Crippen molar-refractivity contribution in [1.29, 1.82) is 0 Å². The minimum atomic E-state index is -0.202. The minimum absolute atomic E-state index is 0.202. The average molecular weight is 349 g/mol. The lowest BCUT2D eigenvalue weighted by Crippen LogP contribution is -2.29. The molecule has 0 aliphatic rings. The predicted molar refractivity (Wildman–Crippen MR) is 104 cm³/mol. The van der Waals surface area contributed by atoms with Crippen LogP contribution < -0.4 is 0 Å². The number of methoxy groups -OCH3 is 1. The Hall–Kier alpha value is -0.910. The number of nitrogens with zero attached hydrogens (tertiary/aromatic N) is 2. The summed E-state index contributed by atoms with van der Waals surface area (Å²) in [4.78, 5) is 4.01. The molecule has 0 fully saturated rings. The van der Waals surface area contributed by atoms with Crippen LogP contribution in [-0.4, -0.2) is 70.9 Å². The lowest BCUT2D eigenvalue weighted by atomic mass is 10.3. The minimum Gasteiger partial charge on any atom is -0.491 e. The van der Waals surface area contributed by atoms with E-state index in [-0.39, 0.29) is 5.83 Å². The van der Waals surface area contributed by atoms with Gasteiger partial charge in [0.1, 0.15) is 18.2 Å². The van der Waals surface area contributed by atoms with Gasteiger partial charge < -0.3 is 14.4 Å². The van der Waals surface area contributed by atoms with E-state index in [2.05, 4.69) is 18.7 Å². The van der Waals surface area contributed by atoms with E-state index in [1.165, 1.54) is 12.5 Å². The highest BCUT2D eigenvalue weighted by Gasteiger charge is 2.04. The molecule has 0 aliphatic carbocycles. The second-order valence-electron chi connectivity index (χ2n) is 5.37. The molecule has 0 atom stereocenters. The molecule has 0 radical (unpaired) electrons. The summed E-state index contributed by atoms with van der Waals surface area (Å²) in [5.74, 6) is 0.335. The molecule has 0 rings (SSSR count). The molecule has 0 aromatic rings. The van der Waals surface area contributed by atoms with Gasteiger partial charge in [-0.1, -0.05) is 34.1 Å².